The molecule has 1 radical (unpaired) electrons. The van der Waals surface area contributed by atoms with Gasteiger partial charge >= 0.3 is 6.09 Å². The topological polar surface area (TPSA) is 75.0 Å². The summed E-state index contributed by atoms with van der Waals surface area (Å²) in [4.78, 5) is 9.82. The molecular weight excluding hydrogens is 152 g/mol. The number of carbonyl (C=O) groups excluding carboxylic acids is 1. The highest BCUT2D eigenvalue weighted by atomic mass is 32.1. The van der Waals surface area contributed by atoms with Crippen LogP contribution < -0.4 is 11.1 Å². The molecule has 0 aliphatic carbocycles. The number of nitrogens with one attached hydrogen (secondary N) is 1. The number of nitrogens with two attached hydrogens (primary N) is 1. The van der Waals surface area contributed by atoms with E-state index in [9.17, 15) is 9.90 Å². The van der Waals surface area contributed by atoms with Gasteiger partial charge in [-0.05, 0) is 13.0 Å². The van der Waals surface area contributed by atoms with Crippen molar-refractivity contribution < 1.29 is 9.90 Å². The molecule has 0 aromatic heterocycles. The highest BCUT2D eigenvalue weighted by Gasteiger charge is 2.03. The average Bonchev–Trinajstić information content (AvgIpc) is 1.85. The molecule has 3 N–H and O–H groups in total. The number of thiol groups is 1. The lowest BCUT2D eigenvalue weighted by atomic mass is 10.3. The molecule has 1 amide bonds. The van der Waals surface area contributed by atoms with Crippen LogP contribution in [0.15, 0.2) is 0 Å². The lowest BCUT2D eigenvalue weighted by Crippen LogP contribution is -2.28. The van der Waals surface area contributed by atoms with Gasteiger partial charge < -0.3 is 11.1 Å². The van der Waals surface area contributed by atoms with Crippen LogP contribution in [0.4, 0.5) is 4.79 Å². The Morgan fingerprint density at radius 2 is 2.30 bits per heavy atom. The Labute approximate surface area is 65.2 Å². The monoisotopic (exact) mass is 163 g/mol. The maximum Gasteiger partial charge on any atom is 0.450 e. The first-order valence-corrected chi connectivity index (χ1v) is 3.51. The Bertz CT molecular complexity index is 110. The predicted molar refractivity (Wildman–Crippen MR) is 40.5 cm³/mol. The van der Waals surface area contributed by atoms with Crippen molar-refractivity contribution in [1.29, 1.82) is 0 Å². The molecule has 0 saturated carbocycles. The van der Waals surface area contributed by atoms with Crippen LogP contribution in [0.3, 0.4) is 0 Å². The molecule has 0 aliphatic heterocycles. The molecule has 0 saturated heterocycles. The second kappa shape index (κ2) is 5.37. The Hall–Kier alpha value is -0.420. The summed E-state index contributed by atoms with van der Waals surface area (Å²) in [7, 11) is 0. The second-order valence-electron chi connectivity index (χ2n) is 1.90. The lowest BCUT2D eigenvalue weighted by Gasteiger charge is -2.06. The number of hydrogen-bond donors (Lipinski definition) is 3. The van der Waals surface area contributed by atoms with E-state index in [-0.39, 0.29) is 5.25 Å². The van der Waals surface area contributed by atoms with E-state index in [1.807, 2.05) is 0 Å². The van der Waals surface area contributed by atoms with Crippen LogP contribution in [0, 0.1) is 0 Å². The van der Waals surface area contributed by atoms with Gasteiger partial charge in [0, 0.05) is 11.8 Å². The lowest BCUT2D eigenvalue weighted by molar-refractivity contribution is 0.168. The summed E-state index contributed by atoms with van der Waals surface area (Å²) in [5.74, 6) is 0. The molecule has 0 aromatic carbocycles. The third-order valence-corrected chi connectivity index (χ3v) is 1.42. The first kappa shape index (κ1) is 9.58. The van der Waals surface area contributed by atoms with Crippen LogP contribution in [0.25, 0.3) is 0 Å². The van der Waals surface area contributed by atoms with Gasteiger partial charge in [0.05, 0.1) is 0 Å². The van der Waals surface area contributed by atoms with Gasteiger partial charge in [0.1, 0.15) is 0 Å². The van der Waals surface area contributed by atoms with E-state index in [1.165, 1.54) is 0 Å². The number of hydrogen-bond acceptors (Lipinski definition) is 3. The van der Waals surface area contributed by atoms with Crippen molar-refractivity contribution in [2.45, 2.75) is 11.7 Å². The van der Waals surface area contributed by atoms with Gasteiger partial charge in [-0.1, -0.05) is 0 Å². The van der Waals surface area contributed by atoms with E-state index in [0.29, 0.717) is 19.5 Å². The number of amides is 1. The minimum atomic E-state index is -1.27. The van der Waals surface area contributed by atoms with Gasteiger partial charge in [-0.2, -0.15) is 12.6 Å². The molecule has 5 heteroatoms. The molecule has 4 nitrogen and oxygen atoms in total. The number of carbonyl (C=O) groups is 1. The minimum absolute atomic E-state index is 0.0112. The van der Waals surface area contributed by atoms with E-state index >= 15 is 0 Å². The summed E-state index contributed by atoms with van der Waals surface area (Å²) in [6, 6.07) is 0. The molecule has 0 bridgehead atoms. The summed E-state index contributed by atoms with van der Waals surface area (Å²) in [5.41, 5.74) is 5.20. The molecule has 0 heterocycles. The fraction of sp³-hybridized carbons (Fsp3) is 0.800. The molecule has 0 aromatic rings. The summed E-state index contributed by atoms with van der Waals surface area (Å²) in [6.07, 6.45) is -0.570. The summed E-state index contributed by atoms with van der Waals surface area (Å²) in [5, 5.41) is 11.9. The van der Waals surface area contributed by atoms with Crippen molar-refractivity contribution in [1.82, 2.24) is 5.32 Å². The predicted octanol–water partition coefficient (Wildman–Crippen LogP) is -0.226. The van der Waals surface area contributed by atoms with E-state index in [1.54, 1.807) is 0 Å². The molecule has 0 spiro atoms. The normalized spacial score (nSPS) is 12.6. The van der Waals surface area contributed by atoms with E-state index < -0.39 is 6.09 Å². The molecular formula is C5H11N2O2S. The van der Waals surface area contributed by atoms with Crippen LogP contribution in [0.2, 0.25) is 0 Å². The fourth-order valence-electron chi connectivity index (χ4n) is 0.496. The Morgan fingerprint density at radius 3 is 2.70 bits per heavy atom. The summed E-state index contributed by atoms with van der Waals surface area (Å²) in [6.45, 7) is 0.811. The smallest absolute Gasteiger partial charge is 0.330 e. The zero-order valence-corrected chi connectivity index (χ0v) is 6.43. The van der Waals surface area contributed by atoms with Crippen LogP contribution >= 0.6 is 12.6 Å². The largest absolute Gasteiger partial charge is 0.450 e. The summed E-state index contributed by atoms with van der Waals surface area (Å²) < 4.78 is 0. The molecule has 1 atom stereocenters. The highest BCUT2D eigenvalue weighted by molar-refractivity contribution is 7.81. The van der Waals surface area contributed by atoms with Crippen LogP contribution in [0.5, 0.6) is 0 Å². The van der Waals surface area contributed by atoms with Crippen LogP contribution in [0.1, 0.15) is 6.42 Å². The zero-order chi connectivity index (χ0) is 7.98. The van der Waals surface area contributed by atoms with Gasteiger partial charge in [0.2, 0.25) is 0 Å². The van der Waals surface area contributed by atoms with Crippen molar-refractivity contribution >= 4 is 18.7 Å². The third kappa shape index (κ3) is 5.71. The quantitative estimate of drug-likeness (QED) is 0.501. The Kier molecular flexibility index (Phi) is 5.15. The molecule has 0 aliphatic rings. The minimum Gasteiger partial charge on any atom is -0.330 e. The van der Waals surface area contributed by atoms with Crippen molar-refractivity contribution in [3.8, 4) is 0 Å². The van der Waals surface area contributed by atoms with Crippen molar-refractivity contribution in [3.63, 3.8) is 0 Å². The first-order chi connectivity index (χ1) is 4.66. The van der Waals surface area contributed by atoms with E-state index in [4.69, 9.17) is 5.73 Å². The van der Waals surface area contributed by atoms with Gasteiger partial charge in [-0.15, -0.1) is 0 Å². The van der Waals surface area contributed by atoms with Gasteiger partial charge in [-0.3, -0.25) is 0 Å². The third-order valence-electron chi connectivity index (χ3n) is 0.982. The summed E-state index contributed by atoms with van der Waals surface area (Å²) >= 11 is 4.05. The molecule has 10 heavy (non-hydrogen) atoms. The average molecular weight is 163 g/mol. The van der Waals surface area contributed by atoms with Crippen molar-refractivity contribution in [2.24, 2.45) is 5.73 Å². The fourth-order valence-corrected chi connectivity index (χ4v) is 0.736. The van der Waals surface area contributed by atoms with E-state index in [0.717, 1.165) is 0 Å². The molecule has 1 unspecified atom stereocenters. The Balaban J connectivity index is 3.21. The zero-order valence-electron chi connectivity index (χ0n) is 5.54. The molecule has 59 valence electrons. The maximum absolute atomic E-state index is 9.82. The van der Waals surface area contributed by atoms with E-state index in [2.05, 4.69) is 17.9 Å². The molecule has 0 rings (SSSR count). The van der Waals surface area contributed by atoms with Crippen LogP contribution in [-0.4, -0.2) is 24.4 Å². The van der Waals surface area contributed by atoms with Gasteiger partial charge in [0.25, 0.3) is 0 Å². The van der Waals surface area contributed by atoms with Crippen LogP contribution in [-0.2, 0) is 5.11 Å². The highest BCUT2D eigenvalue weighted by Crippen LogP contribution is 1.96. The first-order valence-electron chi connectivity index (χ1n) is 2.99. The Morgan fingerprint density at radius 1 is 1.70 bits per heavy atom. The van der Waals surface area contributed by atoms with Crippen molar-refractivity contribution in [2.75, 3.05) is 13.1 Å². The second-order valence-corrected chi connectivity index (χ2v) is 2.63. The van der Waals surface area contributed by atoms with Gasteiger partial charge in [0.15, 0.2) is 0 Å². The standard InChI is InChI=1S/C5H11N2O2S/c6-2-1-4(10)3-7-5(8)9/h4,7,10H,1-3,6H2. The molecule has 0 fully saturated rings. The maximum atomic E-state index is 9.82. The number of rotatable bonds is 4. The SMILES string of the molecule is NCCC(S)CNC([O])=O. The van der Waals surface area contributed by atoms with Crippen molar-refractivity contribution in [3.05, 3.63) is 0 Å². The van der Waals surface area contributed by atoms with Gasteiger partial charge in [-0.25, -0.2) is 9.90 Å².